The number of carboxylic acid groups (broad SMARTS) is 1. The van der Waals surface area contributed by atoms with E-state index in [4.69, 9.17) is 0 Å². The summed E-state index contributed by atoms with van der Waals surface area (Å²) >= 11 is 0. The lowest BCUT2D eigenvalue weighted by Crippen LogP contribution is -2.18. The maximum absolute atomic E-state index is 14.9. The normalized spacial score (nSPS) is 11.6. The number of aryl methyl sites for hydroxylation is 1. The molecule has 3 heterocycles. The molecule has 0 radical (unpaired) electrons. The number of rotatable bonds is 5. The number of carbonyl (C=O) groups is 2. The molecule has 9 nitrogen and oxygen atoms in total. The van der Waals surface area contributed by atoms with E-state index in [1.807, 2.05) is 0 Å². The van der Waals surface area contributed by atoms with Crippen molar-refractivity contribution in [1.82, 2.24) is 24.1 Å². The molecule has 38 heavy (non-hydrogen) atoms. The third-order valence-electron chi connectivity index (χ3n) is 5.65. The number of hydrogen-bond donors (Lipinski definition) is 2. The summed E-state index contributed by atoms with van der Waals surface area (Å²) in [5, 5.41) is 15.9. The zero-order chi connectivity index (χ0) is 27.2. The molecule has 0 unspecified atom stereocenters. The number of aromatic nitrogens is 5. The summed E-state index contributed by atoms with van der Waals surface area (Å²) in [6, 6.07) is 10.9. The molecular formula is C25H16F4N6O3. The summed E-state index contributed by atoms with van der Waals surface area (Å²) in [6.07, 6.45) is -1.01. The fraction of sp³-hybridized carbons (Fsp3) is 0.0800. The molecule has 2 aromatic carbocycles. The van der Waals surface area contributed by atoms with E-state index in [9.17, 15) is 32.3 Å². The second-order valence-electron chi connectivity index (χ2n) is 8.19. The molecule has 13 heteroatoms. The quantitative estimate of drug-likeness (QED) is 0.316. The number of imidazole rings is 1. The lowest BCUT2D eigenvalue weighted by Gasteiger charge is -2.15. The monoisotopic (exact) mass is 524 g/mol. The molecule has 5 aromatic rings. The number of nitrogens with one attached hydrogen (secondary N) is 1. The zero-order valence-corrected chi connectivity index (χ0v) is 19.4. The highest BCUT2D eigenvalue weighted by Gasteiger charge is 2.36. The van der Waals surface area contributed by atoms with E-state index < -0.39 is 40.6 Å². The van der Waals surface area contributed by atoms with Crippen LogP contribution in [0.1, 0.15) is 26.5 Å². The van der Waals surface area contributed by atoms with Gasteiger partial charge in [-0.15, -0.1) is 0 Å². The first-order valence-corrected chi connectivity index (χ1v) is 10.9. The number of aromatic carboxylic acids is 1. The first-order chi connectivity index (χ1) is 18.0. The van der Waals surface area contributed by atoms with Crippen LogP contribution in [0, 0.1) is 5.82 Å². The van der Waals surface area contributed by atoms with Gasteiger partial charge in [-0.25, -0.2) is 19.2 Å². The first kappa shape index (κ1) is 24.6. The van der Waals surface area contributed by atoms with Gasteiger partial charge in [-0.05, 0) is 18.2 Å². The van der Waals surface area contributed by atoms with Crippen LogP contribution in [0.3, 0.4) is 0 Å². The van der Waals surface area contributed by atoms with Crippen LogP contribution in [-0.4, -0.2) is 41.1 Å². The smallest absolute Gasteiger partial charge is 0.417 e. The van der Waals surface area contributed by atoms with Crippen LogP contribution >= 0.6 is 0 Å². The van der Waals surface area contributed by atoms with E-state index >= 15 is 0 Å². The van der Waals surface area contributed by atoms with Gasteiger partial charge < -0.3 is 10.4 Å². The van der Waals surface area contributed by atoms with Crippen LogP contribution in [0.2, 0.25) is 0 Å². The molecule has 2 N–H and O–H groups in total. The summed E-state index contributed by atoms with van der Waals surface area (Å²) < 4.78 is 58.4. The fourth-order valence-corrected chi connectivity index (χ4v) is 3.93. The van der Waals surface area contributed by atoms with Gasteiger partial charge in [-0.3, -0.25) is 13.9 Å². The molecule has 0 fully saturated rings. The third kappa shape index (κ3) is 4.45. The van der Waals surface area contributed by atoms with Gasteiger partial charge in [0, 0.05) is 30.6 Å². The summed E-state index contributed by atoms with van der Waals surface area (Å²) in [5.74, 6) is -4.23. The van der Waals surface area contributed by atoms with Gasteiger partial charge in [0.1, 0.15) is 5.82 Å². The minimum Gasteiger partial charge on any atom is -0.475 e. The number of amides is 1. The van der Waals surface area contributed by atoms with Crippen molar-refractivity contribution in [1.29, 1.82) is 0 Å². The Balaban J connectivity index is 1.64. The summed E-state index contributed by atoms with van der Waals surface area (Å²) in [6.45, 7) is 0. The minimum atomic E-state index is -4.91. The highest BCUT2D eigenvalue weighted by molar-refractivity contribution is 6.07. The Morgan fingerprint density at radius 2 is 1.82 bits per heavy atom. The number of alkyl halides is 3. The Bertz CT molecular complexity index is 1710. The molecule has 0 aliphatic heterocycles. The molecule has 0 saturated heterocycles. The van der Waals surface area contributed by atoms with Crippen molar-refractivity contribution >= 4 is 23.2 Å². The molecule has 0 spiro atoms. The van der Waals surface area contributed by atoms with Gasteiger partial charge >= 0.3 is 12.1 Å². The van der Waals surface area contributed by atoms with Gasteiger partial charge in [-0.1, -0.05) is 30.3 Å². The molecule has 0 atom stereocenters. The van der Waals surface area contributed by atoms with Crippen molar-refractivity contribution in [3.8, 4) is 22.5 Å². The highest BCUT2D eigenvalue weighted by Crippen LogP contribution is 2.38. The first-order valence-electron chi connectivity index (χ1n) is 10.9. The van der Waals surface area contributed by atoms with E-state index in [0.29, 0.717) is 5.56 Å². The van der Waals surface area contributed by atoms with Crippen molar-refractivity contribution in [3.63, 3.8) is 0 Å². The summed E-state index contributed by atoms with van der Waals surface area (Å²) in [7, 11) is 1.50. The van der Waals surface area contributed by atoms with Gasteiger partial charge in [0.2, 0.25) is 5.82 Å². The average Bonchev–Trinajstić information content (AvgIpc) is 3.49. The SMILES string of the molecule is Cn1ccc(-c2cc(C(=O)Nc3cn4c(C(=O)O)ncc4nc3-c3ccccc3)c(F)cc2C(F)(F)F)n1. The fourth-order valence-electron chi connectivity index (χ4n) is 3.93. The summed E-state index contributed by atoms with van der Waals surface area (Å²) in [5.41, 5.74) is -1.67. The summed E-state index contributed by atoms with van der Waals surface area (Å²) in [4.78, 5) is 33.0. The van der Waals surface area contributed by atoms with Gasteiger partial charge in [0.15, 0.2) is 5.65 Å². The van der Waals surface area contributed by atoms with E-state index in [0.717, 1.165) is 10.5 Å². The number of fused-ring (bicyclic) bond motifs is 1. The van der Waals surface area contributed by atoms with Crippen LogP contribution in [0.4, 0.5) is 23.2 Å². The minimum absolute atomic E-state index is 0.0205. The van der Waals surface area contributed by atoms with Gasteiger partial charge in [0.25, 0.3) is 5.91 Å². The third-order valence-corrected chi connectivity index (χ3v) is 5.65. The van der Waals surface area contributed by atoms with Gasteiger partial charge in [-0.2, -0.15) is 18.3 Å². The predicted octanol–water partition coefficient (Wildman–Crippen LogP) is 4.91. The number of hydrogen-bond acceptors (Lipinski definition) is 5. The average molecular weight is 524 g/mol. The van der Waals surface area contributed by atoms with Gasteiger partial charge in [0.05, 0.1) is 34.4 Å². The standard InChI is InChI=1S/C25H16F4N6O3/c1-34-8-7-18(33-34)14-9-15(17(26)10-16(14)25(27,28)29)23(36)31-19-12-35-20(11-30-22(35)24(37)38)32-21(19)13-5-3-2-4-6-13/h2-12H,1H3,(H,31,36)(H,37,38). The Morgan fingerprint density at radius 3 is 2.45 bits per heavy atom. The number of halogens is 4. The molecule has 1 amide bonds. The van der Waals surface area contributed by atoms with E-state index in [1.54, 1.807) is 30.3 Å². The zero-order valence-electron chi connectivity index (χ0n) is 19.4. The topological polar surface area (TPSA) is 114 Å². The van der Waals surface area contributed by atoms with E-state index in [1.165, 1.54) is 36.4 Å². The van der Waals surface area contributed by atoms with Crippen molar-refractivity contribution in [2.75, 3.05) is 5.32 Å². The van der Waals surface area contributed by atoms with Crippen molar-refractivity contribution < 1.29 is 32.3 Å². The maximum Gasteiger partial charge on any atom is 0.417 e. The lowest BCUT2D eigenvalue weighted by molar-refractivity contribution is -0.137. The molecule has 3 aromatic heterocycles. The van der Waals surface area contributed by atoms with Crippen LogP contribution in [0.15, 0.2) is 67.1 Å². The second kappa shape index (κ2) is 9.10. The number of carboxylic acids is 1. The van der Waals surface area contributed by atoms with Crippen LogP contribution < -0.4 is 5.32 Å². The predicted molar refractivity (Wildman–Crippen MR) is 127 cm³/mol. The Kier molecular flexibility index (Phi) is 5.90. The molecule has 0 aliphatic rings. The molecule has 5 rings (SSSR count). The van der Waals surface area contributed by atoms with Crippen LogP contribution in [0.25, 0.3) is 28.2 Å². The number of benzene rings is 2. The van der Waals surface area contributed by atoms with Crippen molar-refractivity contribution in [2.24, 2.45) is 7.05 Å². The molecule has 192 valence electrons. The van der Waals surface area contributed by atoms with E-state index in [-0.39, 0.29) is 34.6 Å². The Morgan fingerprint density at radius 1 is 1.08 bits per heavy atom. The van der Waals surface area contributed by atoms with Crippen molar-refractivity contribution in [2.45, 2.75) is 6.18 Å². The number of nitrogens with zero attached hydrogens (tertiary/aromatic N) is 5. The maximum atomic E-state index is 14.9. The largest absolute Gasteiger partial charge is 0.475 e. The van der Waals surface area contributed by atoms with E-state index in [2.05, 4.69) is 20.4 Å². The Labute approximate surface area is 211 Å². The molecule has 0 aliphatic carbocycles. The lowest BCUT2D eigenvalue weighted by atomic mass is 9.99. The molecule has 0 saturated carbocycles. The molecule has 0 bridgehead atoms. The highest BCUT2D eigenvalue weighted by atomic mass is 19.4. The second-order valence-corrected chi connectivity index (χ2v) is 8.19. The van der Waals surface area contributed by atoms with Crippen LogP contribution in [0.5, 0.6) is 0 Å². The Hall–Kier alpha value is -5.07. The molecular weight excluding hydrogens is 508 g/mol. The number of anilines is 1. The van der Waals surface area contributed by atoms with Crippen LogP contribution in [-0.2, 0) is 13.2 Å². The van der Waals surface area contributed by atoms with Crippen molar-refractivity contribution in [3.05, 3.63) is 89.9 Å². The number of carbonyl (C=O) groups excluding carboxylic acids is 1.